The van der Waals surface area contributed by atoms with Crippen LogP contribution < -0.4 is 21.7 Å². The zero-order valence-electron chi connectivity index (χ0n) is 21.6. The Morgan fingerprint density at radius 3 is 1.89 bits per heavy atom. The van der Waals surface area contributed by atoms with E-state index in [1.807, 2.05) is 13.8 Å². The smallest absolute Gasteiger partial charge is 0.326 e. The number of hydrogen-bond acceptors (Lipinski definition) is 7. The van der Waals surface area contributed by atoms with Crippen LogP contribution in [0.2, 0.25) is 0 Å². The first-order valence-corrected chi connectivity index (χ1v) is 12.1. The highest BCUT2D eigenvalue weighted by Gasteiger charge is 2.32. The summed E-state index contributed by atoms with van der Waals surface area (Å²) in [5, 5.41) is 35.4. The number of benzene rings is 1. The molecule has 1 rings (SSSR count). The average Bonchev–Trinajstić information content (AvgIpc) is 2.80. The summed E-state index contributed by atoms with van der Waals surface area (Å²) < 4.78 is 0. The van der Waals surface area contributed by atoms with Crippen LogP contribution in [0.25, 0.3) is 0 Å². The molecule has 8 N–H and O–H groups in total. The lowest BCUT2D eigenvalue weighted by Gasteiger charge is -2.27. The highest BCUT2D eigenvalue weighted by molar-refractivity contribution is 5.94. The van der Waals surface area contributed by atoms with Gasteiger partial charge in [0.1, 0.15) is 23.9 Å². The minimum Gasteiger partial charge on any atom is -0.508 e. The van der Waals surface area contributed by atoms with Crippen molar-refractivity contribution in [3.63, 3.8) is 0 Å². The van der Waals surface area contributed by atoms with Crippen LogP contribution >= 0.6 is 0 Å². The van der Waals surface area contributed by atoms with Crippen LogP contribution in [-0.4, -0.2) is 69.1 Å². The number of carbonyl (C=O) groups excluding carboxylic acids is 3. The van der Waals surface area contributed by atoms with Crippen molar-refractivity contribution in [1.82, 2.24) is 16.0 Å². The van der Waals surface area contributed by atoms with E-state index in [1.54, 1.807) is 26.0 Å². The third kappa shape index (κ3) is 11.3. The molecular weight excluding hydrogens is 484 g/mol. The van der Waals surface area contributed by atoms with Crippen molar-refractivity contribution < 1.29 is 39.3 Å². The Labute approximate surface area is 216 Å². The van der Waals surface area contributed by atoms with Crippen LogP contribution in [0.5, 0.6) is 5.75 Å². The van der Waals surface area contributed by atoms with Crippen molar-refractivity contribution in [3.05, 3.63) is 29.8 Å². The first-order valence-electron chi connectivity index (χ1n) is 12.1. The fourth-order valence-electron chi connectivity index (χ4n) is 3.51. The molecule has 37 heavy (non-hydrogen) atoms. The summed E-state index contributed by atoms with van der Waals surface area (Å²) in [5.41, 5.74) is 6.38. The van der Waals surface area contributed by atoms with Crippen LogP contribution in [0.1, 0.15) is 52.5 Å². The minimum atomic E-state index is -1.19. The Balaban J connectivity index is 3.09. The number of rotatable bonds is 15. The number of hydrogen-bond donors (Lipinski definition) is 7. The predicted octanol–water partition coefficient (Wildman–Crippen LogP) is 0.368. The van der Waals surface area contributed by atoms with Gasteiger partial charge in [0.15, 0.2) is 0 Å². The number of carboxylic acid groups (broad SMARTS) is 2. The van der Waals surface area contributed by atoms with Crippen LogP contribution in [0.15, 0.2) is 24.3 Å². The second-order valence-electron chi connectivity index (χ2n) is 9.73. The molecule has 0 aliphatic carbocycles. The van der Waals surface area contributed by atoms with Crippen molar-refractivity contribution in [2.75, 3.05) is 0 Å². The maximum atomic E-state index is 13.2. The van der Waals surface area contributed by atoms with Gasteiger partial charge in [0.25, 0.3) is 0 Å². The number of carboxylic acids is 2. The summed E-state index contributed by atoms with van der Waals surface area (Å²) in [6, 6.07) is 1.35. The number of carbonyl (C=O) groups is 5. The van der Waals surface area contributed by atoms with Gasteiger partial charge in [0.2, 0.25) is 17.7 Å². The second kappa shape index (κ2) is 14.8. The Morgan fingerprint density at radius 1 is 0.838 bits per heavy atom. The largest absolute Gasteiger partial charge is 0.508 e. The van der Waals surface area contributed by atoms with E-state index >= 15 is 0 Å². The number of phenols is 1. The maximum Gasteiger partial charge on any atom is 0.326 e. The Kier molecular flexibility index (Phi) is 12.5. The molecule has 0 saturated carbocycles. The fraction of sp³-hybridized carbons (Fsp3) is 0.560. The van der Waals surface area contributed by atoms with E-state index < -0.39 is 59.7 Å². The molecule has 0 aliphatic heterocycles. The zero-order valence-corrected chi connectivity index (χ0v) is 21.6. The van der Waals surface area contributed by atoms with Crippen molar-refractivity contribution in [2.24, 2.45) is 17.6 Å². The molecule has 0 radical (unpaired) electrons. The number of phenolic OH excluding ortho intramolecular Hbond substituents is 1. The number of aromatic hydroxyl groups is 1. The number of amides is 3. The molecule has 0 heterocycles. The first kappa shape index (κ1) is 31.4. The molecule has 0 aliphatic rings. The van der Waals surface area contributed by atoms with E-state index in [0.717, 1.165) is 0 Å². The zero-order chi connectivity index (χ0) is 28.3. The Hall–Kier alpha value is -3.67. The molecule has 0 fully saturated rings. The van der Waals surface area contributed by atoms with E-state index in [9.17, 15) is 34.2 Å². The summed E-state index contributed by atoms with van der Waals surface area (Å²) in [5.74, 6) is -4.85. The van der Waals surface area contributed by atoms with Gasteiger partial charge < -0.3 is 37.0 Å². The second-order valence-corrected chi connectivity index (χ2v) is 9.73. The molecule has 0 saturated heterocycles. The van der Waals surface area contributed by atoms with Crippen LogP contribution in [-0.2, 0) is 30.4 Å². The molecule has 0 aromatic heterocycles. The Bertz CT molecular complexity index is 949. The summed E-state index contributed by atoms with van der Waals surface area (Å²) in [6.07, 6.45) is -0.285. The van der Waals surface area contributed by atoms with Crippen molar-refractivity contribution in [3.8, 4) is 5.75 Å². The third-order valence-electron chi connectivity index (χ3n) is 5.58. The molecule has 1 aromatic carbocycles. The number of nitrogens with two attached hydrogens (primary N) is 1. The monoisotopic (exact) mass is 522 g/mol. The van der Waals surface area contributed by atoms with Gasteiger partial charge in [-0.05, 0) is 42.4 Å². The first-order chi connectivity index (χ1) is 17.2. The van der Waals surface area contributed by atoms with E-state index in [4.69, 9.17) is 10.8 Å². The quantitative estimate of drug-likeness (QED) is 0.169. The molecule has 0 bridgehead atoms. The van der Waals surface area contributed by atoms with Crippen LogP contribution in [0.3, 0.4) is 0 Å². The summed E-state index contributed by atoms with van der Waals surface area (Å²) in [7, 11) is 0. The lowest BCUT2D eigenvalue weighted by atomic mass is 9.99. The summed E-state index contributed by atoms with van der Waals surface area (Å²) >= 11 is 0. The highest BCUT2D eigenvalue weighted by Crippen LogP contribution is 2.13. The molecule has 1 aromatic rings. The molecule has 3 amide bonds. The molecular formula is C25H38N4O8. The lowest BCUT2D eigenvalue weighted by Crippen LogP contribution is -2.59. The lowest BCUT2D eigenvalue weighted by molar-refractivity contribution is -0.143. The standard InChI is InChI=1S/C25H38N4O8/c1-13(2)11-19(25(36)37)28-24(35)21(14(3)4)29-23(34)18(12-15-5-7-16(30)8-6-15)27-22(33)17(26)9-10-20(31)32/h5-8,13-14,17-19,21,30H,9-12,26H2,1-4H3,(H,27,33)(H,28,35)(H,29,34)(H,31,32)(H,36,37). The van der Waals surface area contributed by atoms with Gasteiger partial charge in [-0.25, -0.2) is 4.79 Å². The SMILES string of the molecule is CC(C)CC(NC(=O)C(NC(=O)C(Cc1ccc(O)cc1)NC(=O)C(N)CCC(=O)O)C(C)C)C(=O)O. The van der Waals surface area contributed by atoms with Gasteiger partial charge in [-0.15, -0.1) is 0 Å². The van der Waals surface area contributed by atoms with Gasteiger partial charge in [0, 0.05) is 12.8 Å². The fourth-order valence-corrected chi connectivity index (χ4v) is 3.51. The number of aliphatic carboxylic acids is 2. The minimum absolute atomic E-state index is 0.00345. The molecule has 4 unspecified atom stereocenters. The van der Waals surface area contributed by atoms with Gasteiger partial charge >= 0.3 is 11.9 Å². The normalized spacial score (nSPS) is 14.4. The van der Waals surface area contributed by atoms with E-state index in [-0.39, 0.29) is 37.4 Å². The number of nitrogens with one attached hydrogen (secondary N) is 3. The van der Waals surface area contributed by atoms with E-state index in [2.05, 4.69) is 16.0 Å². The molecule has 0 spiro atoms. The Morgan fingerprint density at radius 2 is 1.41 bits per heavy atom. The highest BCUT2D eigenvalue weighted by atomic mass is 16.4. The van der Waals surface area contributed by atoms with Crippen LogP contribution in [0.4, 0.5) is 0 Å². The van der Waals surface area contributed by atoms with Gasteiger partial charge in [-0.3, -0.25) is 19.2 Å². The van der Waals surface area contributed by atoms with Gasteiger partial charge in [-0.1, -0.05) is 39.8 Å². The van der Waals surface area contributed by atoms with Gasteiger partial charge in [-0.2, -0.15) is 0 Å². The maximum absolute atomic E-state index is 13.2. The molecule has 12 heteroatoms. The topological polar surface area (TPSA) is 208 Å². The average molecular weight is 523 g/mol. The molecule has 206 valence electrons. The third-order valence-corrected chi connectivity index (χ3v) is 5.58. The van der Waals surface area contributed by atoms with Crippen molar-refractivity contribution in [2.45, 2.75) is 77.5 Å². The molecule has 12 nitrogen and oxygen atoms in total. The molecule has 4 atom stereocenters. The van der Waals surface area contributed by atoms with Crippen LogP contribution in [0, 0.1) is 11.8 Å². The summed E-state index contributed by atoms with van der Waals surface area (Å²) in [6.45, 7) is 7.00. The van der Waals surface area contributed by atoms with E-state index in [0.29, 0.717) is 5.56 Å². The predicted molar refractivity (Wildman–Crippen MR) is 134 cm³/mol. The van der Waals surface area contributed by atoms with Crippen molar-refractivity contribution in [1.29, 1.82) is 0 Å². The van der Waals surface area contributed by atoms with Gasteiger partial charge in [0.05, 0.1) is 6.04 Å². The van der Waals surface area contributed by atoms with Crippen molar-refractivity contribution >= 4 is 29.7 Å². The summed E-state index contributed by atoms with van der Waals surface area (Å²) in [4.78, 5) is 61.2. The van der Waals surface area contributed by atoms with E-state index in [1.165, 1.54) is 12.1 Å².